The molecule has 2 aromatic rings. The Morgan fingerprint density at radius 3 is 2.91 bits per heavy atom. The van der Waals surface area contributed by atoms with Gasteiger partial charge in [-0.1, -0.05) is 31.4 Å². The van der Waals surface area contributed by atoms with Gasteiger partial charge in [-0.25, -0.2) is 9.37 Å². The summed E-state index contributed by atoms with van der Waals surface area (Å²) in [7, 11) is 0. The Kier molecular flexibility index (Phi) is 3.32. The molecule has 0 amide bonds. The maximum Gasteiger partial charge on any atom is 0.138 e. The van der Waals surface area contributed by atoms with Crippen LogP contribution in [0.4, 0.5) is 4.39 Å². The summed E-state index contributed by atoms with van der Waals surface area (Å²) in [5.74, 6) is 0.222. The van der Waals surface area contributed by atoms with Gasteiger partial charge < -0.3 is 4.57 Å². The van der Waals surface area contributed by atoms with E-state index in [0.717, 1.165) is 36.9 Å². The summed E-state index contributed by atoms with van der Waals surface area (Å²) in [5, 5.41) is 0. The fraction of sp³-hybridized carbons (Fsp3) is 0.444. The van der Waals surface area contributed by atoms with E-state index in [1.54, 1.807) is 18.6 Å². The first-order valence-electron chi connectivity index (χ1n) is 8.09. The van der Waals surface area contributed by atoms with Gasteiger partial charge in [0.1, 0.15) is 11.6 Å². The minimum atomic E-state index is -0.233. The van der Waals surface area contributed by atoms with E-state index < -0.39 is 0 Å². The average Bonchev–Trinajstić information content (AvgIpc) is 3.12. The molecule has 1 atom stereocenters. The zero-order chi connectivity index (χ0) is 15.1. The predicted octanol–water partition coefficient (Wildman–Crippen LogP) is 4.13. The van der Waals surface area contributed by atoms with Gasteiger partial charge in [0.05, 0.1) is 24.3 Å². The first-order chi connectivity index (χ1) is 10.8. The lowest BCUT2D eigenvalue weighted by molar-refractivity contribution is -0.124. The smallest absolute Gasteiger partial charge is 0.138 e. The lowest BCUT2D eigenvalue weighted by atomic mass is 9.83. The van der Waals surface area contributed by atoms with Crippen LogP contribution in [0.1, 0.15) is 50.1 Å². The number of rotatable bonds is 3. The molecule has 4 rings (SSSR count). The molecular formula is C18H19FN2O. The van der Waals surface area contributed by atoms with E-state index in [9.17, 15) is 9.18 Å². The fourth-order valence-corrected chi connectivity index (χ4v) is 3.98. The van der Waals surface area contributed by atoms with Gasteiger partial charge in [0.25, 0.3) is 0 Å². The molecule has 22 heavy (non-hydrogen) atoms. The second kappa shape index (κ2) is 5.34. The highest BCUT2D eigenvalue weighted by molar-refractivity contribution is 5.83. The number of carbonyl (C=O) groups excluding carboxylic acids is 1. The van der Waals surface area contributed by atoms with E-state index in [1.807, 2.05) is 10.6 Å². The van der Waals surface area contributed by atoms with Crippen LogP contribution in [0.5, 0.6) is 0 Å². The van der Waals surface area contributed by atoms with Gasteiger partial charge in [-0.3, -0.25) is 4.79 Å². The molecule has 0 N–H and O–H groups in total. The number of benzene rings is 1. The lowest BCUT2D eigenvalue weighted by Gasteiger charge is -2.23. The average molecular weight is 298 g/mol. The molecule has 2 heterocycles. The fourth-order valence-electron chi connectivity index (χ4n) is 3.98. The molecule has 2 aliphatic rings. The van der Waals surface area contributed by atoms with Crippen LogP contribution in [0.15, 0.2) is 30.7 Å². The third-order valence-electron chi connectivity index (χ3n) is 5.12. The van der Waals surface area contributed by atoms with Crippen LogP contribution >= 0.6 is 0 Å². The van der Waals surface area contributed by atoms with Gasteiger partial charge in [0, 0.05) is 23.5 Å². The van der Waals surface area contributed by atoms with E-state index >= 15 is 0 Å². The topological polar surface area (TPSA) is 34.9 Å². The Labute approximate surface area is 129 Å². The monoisotopic (exact) mass is 298 g/mol. The van der Waals surface area contributed by atoms with E-state index in [1.165, 1.54) is 12.5 Å². The predicted molar refractivity (Wildman–Crippen MR) is 82.0 cm³/mol. The Morgan fingerprint density at radius 2 is 2.09 bits per heavy atom. The van der Waals surface area contributed by atoms with Gasteiger partial charge in [-0.15, -0.1) is 0 Å². The highest BCUT2D eigenvalue weighted by Gasteiger charge is 2.34. The third-order valence-corrected chi connectivity index (χ3v) is 5.12. The second-order valence-electron chi connectivity index (χ2n) is 6.41. The third kappa shape index (κ3) is 2.09. The van der Waals surface area contributed by atoms with Crippen LogP contribution in [-0.4, -0.2) is 15.3 Å². The molecule has 1 aromatic heterocycles. The number of hydrogen-bond donors (Lipinski definition) is 0. The van der Waals surface area contributed by atoms with Crippen LogP contribution < -0.4 is 0 Å². The van der Waals surface area contributed by atoms with Crippen molar-refractivity contribution < 1.29 is 9.18 Å². The van der Waals surface area contributed by atoms with Crippen LogP contribution in [0.25, 0.3) is 11.3 Å². The highest BCUT2D eigenvalue weighted by atomic mass is 19.1. The van der Waals surface area contributed by atoms with Crippen molar-refractivity contribution in [2.24, 2.45) is 5.92 Å². The van der Waals surface area contributed by atoms with E-state index in [4.69, 9.17) is 0 Å². The minimum absolute atomic E-state index is 0.163. The number of ketones is 1. The van der Waals surface area contributed by atoms with Crippen molar-refractivity contribution in [1.29, 1.82) is 0 Å². The highest BCUT2D eigenvalue weighted by Crippen LogP contribution is 2.43. The number of aromatic nitrogens is 2. The molecular weight excluding hydrogens is 279 g/mol. The molecule has 3 nitrogen and oxygen atoms in total. The Morgan fingerprint density at radius 1 is 1.27 bits per heavy atom. The van der Waals surface area contributed by atoms with E-state index in [2.05, 4.69) is 4.98 Å². The molecule has 1 aliphatic carbocycles. The summed E-state index contributed by atoms with van der Waals surface area (Å²) in [6.45, 7) is 0. The van der Waals surface area contributed by atoms with Crippen molar-refractivity contribution in [3.8, 4) is 11.3 Å². The molecule has 1 aliphatic heterocycles. The molecule has 0 saturated heterocycles. The summed E-state index contributed by atoms with van der Waals surface area (Å²) < 4.78 is 16.3. The van der Waals surface area contributed by atoms with Crippen molar-refractivity contribution in [2.45, 2.75) is 44.6 Å². The van der Waals surface area contributed by atoms with Crippen LogP contribution in [0.3, 0.4) is 0 Å². The normalized spacial score (nSPS) is 20.7. The molecule has 1 unspecified atom stereocenters. The largest absolute Gasteiger partial charge is 0.322 e. The van der Waals surface area contributed by atoms with Gasteiger partial charge in [0.2, 0.25) is 0 Å². The molecule has 114 valence electrons. The van der Waals surface area contributed by atoms with Crippen molar-refractivity contribution in [2.75, 3.05) is 0 Å². The quantitative estimate of drug-likeness (QED) is 0.854. The summed E-state index contributed by atoms with van der Waals surface area (Å²) >= 11 is 0. The first-order valence-corrected chi connectivity index (χ1v) is 8.09. The van der Waals surface area contributed by atoms with Gasteiger partial charge in [-0.05, 0) is 18.9 Å². The summed E-state index contributed by atoms with van der Waals surface area (Å²) in [5.41, 5.74) is 2.44. The van der Waals surface area contributed by atoms with Crippen molar-refractivity contribution in [3.05, 3.63) is 42.1 Å². The number of Topliss-reactive ketones (excluding diaryl/α,β-unsaturated/α-hetero) is 1. The van der Waals surface area contributed by atoms with Crippen molar-refractivity contribution in [1.82, 2.24) is 9.55 Å². The Balaban J connectivity index is 1.66. The number of hydrogen-bond acceptors (Lipinski definition) is 2. The summed E-state index contributed by atoms with van der Waals surface area (Å²) in [4.78, 5) is 16.8. The van der Waals surface area contributed by atoms with E-state index in [-0.39, 0.29) is 23.6 Å². The number of halogens is 1. The molecule has 1 saturated carbocycles. The Bertz CT molecular complexity index is 716. The number of imidazole rings is 1. The van der Waals surface area contributed by atoms with Crippen LogP contribution in [0, 0.1) is 11.7 Å². The minimum Gasteiger partial charge on any atom is -0.322 e. The summed E-state index contributed by atoms with van der Waals surface area (Å²) in [6.07, 6.45) is 9.35. The molecule has 0 bridgehead atoms. The number of nitrogens with zero attached hydrogens (tertiary/aromatic N) is 2. The van der Waals surface area contributed by atoms with Gasteiger partial charge >= 0.3 is 0 Å². The second-order valence-corrected chi connectivity index (χ2v) is 6.41. The van der Waals surface area contributed by atoms with Crippen molar-refractivity contribution in [3.63, 3.8) is 0 Å². The van der Waals surface area contributed by atoms with Crippen LogP contribution in [0.2, 0.25) is 0 Å². The molecule has 1 aromatic carbocycles. The van der Waals surface area contributed by atoms with Crippen molar-refractivity contribution >= 4 is 5.78 Å². The molecule has 0 spiro atoms. The standard InChI is InChI=1S/C18H19FN2O/c19-14-8-4-7-13-16-10-20-11-21(16)15(18(13)14)9-17(22)12-5-2-1-3-6-12/h4,7-8,10-12,15H,1-3,5-6,9H2. The maximum absolute atomic E-state index is 14.3. The zero-order valence-electron chi connectivity index (χ0n) is 12.5. The molecule has 1 fully saturated rings. The first kappa shape index (κ1) is 13.7. The molecule has 4 heteroatoms. The Hall–Kier alpha value is -1.97. The lowest BCUT2D eigenvalue weighted by Crippen LogP contribution is -2.21. The number of fused-ring (bicyclic) bond motifs is 3. The summed E-state index contributed by atoms with van der Waals surface area (Å²) in [6, 6.07) is 4.88. The van der Waals surface area contributed by atoms with Gasteiger partial charge in [-0.2, -0.15) is 0 Å². The number of carbonyl (C=O) groups is 1. The molecule has 0 radical (unpaired) electrons. The van der Waals surface area contributed by atoms with Gasteiger partial charge in [0.15, 0.2) is 0 Å². The zero-order valence-corrected chi connectivity index (χ0v) is 12.5. The maximum atomic E-state index is 14.3. The van der Waals surface area contributed by atoms with E-state index in [0.29, 0.717) is 12.0 Å². The SMILES string of the molecule is O=C(CC1c2c(F)cccc2-c2cncn21)C1CCCCC1. The van der Waals surface area contributed by atoms with Crippen LogP contribution in [-0.2, 0) is 4.79 Å².